The van der Waals surface area contributed by atoms with Gasteiger partial charge in [0.15, 0.2) is 6.61 Å². The zero-order valence-corrected chi connectivity index (χ0v) is 16.8. The minimum atomic E-state index is -0.579. The van der Waals surface area contributed by atoms with Crippen LogP contribution in [0.5, 0.6) is 5.75 Å². The highest BCUT2D eigenvalue weighted by Crippen LogP contribution is 2.33. The van der Waals surface area contributed by atoms with E-state index < -0.39 is 24.5 Å². The van der Waals surface area contributed by atoms with Crippen LogP contribution in [-0.2, 0) is 19.1 Å². The van der Waals surface area contributed by atoms with Crippen molar-refractivity contribution in [3.05, 3.63) is 54.0 Å². The van der Waals surface area contributed by atoms with Gasteiger partial charge in [-0.2, -0.15) is 5.10 Å². The predicted molar refractivity (Wildman–Crippen MR) is 107 cm³/mol. The van der Waals surface area contributed by atoms with Crippen molar-refractivity contribution >= 4 is 23.5 Å². The monoisotopic (exact) mass is 413 g/mol. The summed E-state index contributed by atoms with van der Waals surface area (Å²) < 4.78 is 15.7. The summed E-state index contributed by atoms with van der Waals surface area (Å²) in [5.41, 5.74) is 1.57. The van der Waals surface area contributed by atoms with E-state index in [1.54, 1.807) is 19.2 Å². The molecule has 2 aromatic rings. The van der Waals surface area contributed by atoms with Crippen LogP contribution in [0.1, 0.15) is 37.1 Å². The Labute approximate surface area is 173 Å². The van der Waals surface area contributed by atoms with Crippen molar-refractivity contribution in [2.45, 2.75) is 25.8 Å². The second kappa shape index (κ2) is 9.73. The Kier molecular flexibility index (Phi) is 6.84. The van der Waals surface area contributed by atoms with Crippen molar-refractivity contribution in [2.75, 3.05) is 20.3 Å². The molecule has 9 heteroatoms. The minimum Gasteiger partial charge on any atom is -0.497 e. The zero-order valence-electron chi connectivity index (χ0n) is 16.8. The standard InChI is InChI=1S/C21H23N3O6/c1-14(25)22-10-9-21(27)30-13-20(26)24-18(19-4-3-11-29-19)12-17(23-24)15-5-7-16(28-2)8-6-15/h3-8,11,18H,9-10,12-13H2,1-2H3,(H,22,25)/t18-/m0/s1. The second-order valence-corrected chi connectivity index (χ2v) is 6.64. The number of hydrogen-bond donors (Lipinski definition) is 1. The molecule has 1 aromatic carbocycles. The summed E-state index contributed by atoms with van der Waals surface area (Å²) in [6, 6.07) is 10.5. The van der Waals surface area contributed by atoms with E-state index in [1.807, 2.05) is 24.3 Å². The summed E-state index contributed by atoms with van der Waals surface area (Å²) in [4.78, 5) is 35.4. The molecule has 1 aromatic heterocycles. The van der Waals surface area contributed by atoms with Crippen LogP contribution in [0.25, 0.3) is 0 Å². The van der Waals surface area contributed by atoms with E-state index in [9.17, 15) is 14.4 Å². The van der Waals surface area contributed by atoms with Crippen LogP contribution in [0.15, 0.2) is 52.2 Å². The van der Waals surface area contributed by atoms with Gasteiger partial charge in [0.25, 0.3) is 5.91 Å². The van der Waals surface area contributed by atoms with Crippen LogP contribution in [0.4, 0.5) is 0 Å². The fraction of sp³-hybridized carbons (Fsp3) is 0.333. The number of carbonyl (C=O) groups excluding carboxylic acids is 3. The topological polar surface area (TPSA) is 110 Å². The first-order chi connectivity index (χ1) is 14.5. The molecule has 1 aliphatic heterocycles. The van der Waals surface area contributed by atoms with E-state index in [1.165, 1.54) is 18.2 Å². The normalized spacial score (nSPS) is 15.5. The average Bonchev–Trinajstić information content (AvgIpc) is 3.41. The van der Waals surface area contributed by atoms with Gasteiger partial charge in [-0.25, -0.2) is 5.01 Å². The van der Waals surface area contributed by atoms with Crippen molar-refractivity contribution in [1.82, 2.24) is 10.3 Å². The molecule has 158 valence electrons. The first kappa shape index (κ1) is 21.1. The third-order valence-electron chi connectivity index (χ3n) is 4.52. The Balaban J connectivity index is 1.68. The van der Waals surface area contributed by atoms with Crippen LogP contribution in [0.2, 0.25) is 0 Å². The molecule has 30 heavy (non-hydrogen) atoms. The lowest BCUT2D eigenvalue weighted by atomic mass is 10.0. The molecule has 0 aliphatic carbocycles. The van der Waals surface area contributed by atoms with Gasteiger partial charge >= 0.3 is 5.97 Å². The summed E-state index contributed by atoms with van der Waals surface area (Å²) in [5, 5.41) is 8.26. The molecule has 0 radical (unpaired) electrons. The van der Waals surface area contributed by atoms with Gasteiger partial charge in [0.1, 0.15) is 17.6 Å². The lowest BCUT2D eigenvalue weighted by molar-refractivity contribution is -0.152. The van der Waals surface area contributed by atoms with Crippen molar-refractivity contribution in [3.63, 3.8) is 0 Å². The van der Waals surface area contributed by atoms with Crippen molar-refractivity contribution in [2.24, 2.45) is 5.10 Å². The molecule has 0 bridgehead atoms. The Hall–Kier alpha value is -3.62. The number of methoxy groups -OCH3 is 1. The van der Waals surface area contributed by atoms with Gasteiger partial charge in [-0.3, -0.25) is 14.4 Å². The van der Waals surface area contributed by atoms with E-state index >= 15 is 0 Å². The summed E-state index contributed by atoms with van der Waals surface area (Å²) >= 11 is 0. The SMILES string of the molecule is COc1ccc(C2=NN(C(=O)COC(=O)CCNC(C)=O)[C@H](c3ccco3)C2)cc1. The Bertz CT molecular complexity index is 921. The molecule has 2 heterocycles. The van der Waals surface area contributed by atoms with E-state index in [4.69, 9.17) is 13.9 Å². The van der Waals surface area contributed by atoms with Crippen LogP contribution in [0.3, 0.4) is 0 Å². The number of amides is 2. The number of rotatable bonds is 8. The van der Waals surface area contributed by atoms with Crippen LogP contribution in [0, 0.1) is 0 Å². The van der Waals surface area contributed by atoms with Crippen LogP contribution in [-0.4, -0.2) is 48.8 Å². The highest BCUT2D eigenvalue weighted by molar-refractivity contribution is 6.03. The molecule has 0 unspecified atom stereocenters. The maximum Gasteiger partial charge on any atom is 0.308 e. The number of carbonyl (C=O) groups is 3. The lowest BCUT2D eigenvalue weighted by Gasteiger charge is -2.19. The smallest absolute Gasteiger partial charge is 0.308 e. The Morgan fingerprint density at radius 3 is 2.63 bits per heavy atom. The minimum absolute atomic E-state index is 0.0190. The summed E-state index contributed by atoms with van der Waals surface area (Å²) in [5.74, 6) is 0.0299. The molecular weight excluding hydrogens is 390 g/mol. The third-order valence-corrected chi connectivity index (χ3v) is 4.52. The predicted octanol–water partition coefficient (Wildman–Crippen LogP) is 2.04. The summed E-state index contributed by atoms with van der Waals surface area (Å²) in [6.45, 7) is 1.06. The van der Waals surface area contributed by atoms with Gasteiger partial charge in [0, 0.05) is 19.9 Å². The average molecular weight is 413 g/mol. The lowest BCUT2D eigenvalue weighted by Crippen LogP contribution is -2.31. The number of furan rings is 1. The first-order valence-electron chi connectivity index (χ1n) is 9.45. The first-order valence-corrected chi connectivity index (χ1v) is 9.45. The maximum absolute atomic E-state index is 12.7. The third kappa shape index (κ3) is 5.25. The molecule has 0 saturated carbocycles. The van der Waals surface area contributed by atoms with Gasteiger partial charge in [-0.15, -0.1) is 0 Å². The number of hydrogen-bond acceptors (Lipinski definition) is 7. The van der Waals surface area contributed by atoms with Gasteiger partial charge in [-0.05, 0) is 42.0 Å². The number of hydrazone groups is 1. The fourth-order valence-corrected chi connectivity index (χ4v) is 3.02. The molecule has 1 N–H and O–H groups in total. The molecule has 0 fully saturated rings. The van der Waals surface area contributed by atoms with Crippen molar-refractivity contribution in [3.8, 4) is 5.75 Å². The molecule has 1 atom stereocenters. The Morgan fingerprint density at radius 1 is 1.23 bits per heavy atom. The second-order valence-electron chi connectivity index (χ2n) is 6.64. The van der Waals surface area contributed by atoms with E-state index in [0.717, 1.165) is 11.3 Å². The zero-order chi connectivity index (χ0) is 21.5. The number of nitrogens with zero attached hydrogens (tertiary/aromatic N) is 2. The van der Waals surface area contributed by atoms with Gasteiger partial charge < -0.3 is 19.2 Å². The number of benzene rings is 1. The van der Waals surface area contributed by atoms with E-state index in [-0.39, 0.29) is 18.9 Å². The molecule has 2 amide bonds. The molecule has 0 spiro atoms. The van der Waals surface area contributed by atoms with Crippen molar-refractivity contribution < 1.29 is 28.3 Å². The van der Waals surface area contributed by atoms with Gasteiger partial charge in [0.2, 0.25) is 5.91 Å². The molecular formula is C21H23N3O6. The molecule has 1 aliphatic rings. The summed E-state index contributed by atoms with van der Waals surface area (Å²) in [7, 11) is 1.59. The molecule has 3 rings (SSSR count). The van der Waals surface area contributed by atoms with E-state index in [0.29, 0.717) is 17.9 Å². The van der Waals surface area contributed by atoms with Gasteiger partial charge in [-0.1, -0.05) is 0 Å². The Morgan fingerprint density at radius 2 is 2.00 bits per heavy atom. The number of ether oxygens (including phenoxy) is 2. The highest BCUT2D eigenvalue weighted by atomic mass is 16.5. The molecule has 0 saturated heterocycles. The largest absolute Gasteiger partial charge is 0.497 e. The van der Waals surface area contributed by atoms with Gasteiger partial charge in [0.05, 0.1) is 25.5 Å². The van der Waals surface area contributed by atoms with Crippen LogP contribution < -0.4 is 10.1 Å². The maximum atomic E-state index is 12.7. The van der Waals surface area contributed by atoms with E-state index in [2.05, 4.69) is 10.4 Å². The van der Waals surface area contributed by atoms with Crippen LogP contribution >= 0.6 is 0 Å². The number of nitrogens with one attached hydrogen (secondary N) is 1. The van der Waals surface area contributed by atoms with Crippen molar-refractivity contribution in [1.29, 1.82) is 0 Å². The fourth-order valence-electron chi connectivity index (χ4n) is 3.02. The highest BCUT2D eigenvalue weighted by Gasteiger charge is 2.35. The summed E-state index contributed by atoms with van der Waals surface area (Å²) in [6.07, 6.45) is 1.97. The number of esters is 1. The quantitative estimate of drug-likeness (QED) is 0.663. The molecule has 9 nitrogen and oxygen atoms in total.